The van der Waals surface area contributed by atoms with Crippen LogP contribution in [-0.2, 0) is 9.47 Å². The molecule has 2 heterocycles. The van der Waals surface area contributed by atoms with Crippen LogP contribution in [0.5, 0.6) is 0 Å². The fraction of sp³-hybridized carbons (Fsp3) is 0.722. The molecule has 1 saturated heterocycles. The summed E-state index contributed by atoms with van der Waals surface area (Å²) in [6.45, 7) is 6.48. The monoisotopic (exact) mass is 403 g/mol. The normalized spacial score (nSPS) is 17.5. The maximum atomic E-state index is 10.3. The molecule has 1 fully saturated rings. The number of hydrogen-bond acceptors (Lipinski definition) is 5. The molecule has 1 unspecified atom stereocenters. The standard InChI is InChI=1S/C18H30ClN3O3S/c1-3-20-18(21-13-15(23)16-5-6-17(19)26-16)22-9-7-14(8-10-22)25-12-4-11-24-2/h5-6,14-15,23H,3-4,7-13H2,1-2H3,(H,20,21). The van der Waals surface area contributed by atoms with Gasteiger partial charge in [0, 0.05) is 44.8 Å². The van der Waals surface area contributed by atoms with Gasteiger partial charge in [-0.1, -0.05) is 11.6 Å². The van der Waals surface area contributed by atoms with E-state index in [4.69, 9.17) is 21.1 Å². The van der Waals surface area contributed by atoms with Gasteiger partial charge >= 0.3 is 0 Å². The molecule has 8 heteroatoms. The first kappa shape index (κ1) is 21.4. The first-order valence-electron chi connectivity index (χ1n) is 9.21. The molecule has 1 aromatic heterocycles. The summed E-state index contributed by atoms with van der Waals surface area (Å²) >= 11 is 7.33. The molecule has 1 atom stereocenters. The van der Waals surface area contributed by atoms with E-state index >= 15 is 0 Å². The van der Waals surface area contributed by atoms with Crippen molar-refractivity contribution in [3.8, 4) is 0 Å². The molecule has 148 valence electrons. The lowest BCUT2D eigenvalue weighted by Crippen LogP contribution is -2.47. The van der Waals surface area contributed by atoms with Crippen LogP contribution in [0.25, 0.3) is 0 Å². The maximum absolute atomic E-state index is 10.3. The molecule has 1 aliphatic rings. The molecule has 6 nitrogen and oxygen atoms in total. The number of piperidine rings is 1. The minimum atomic E-state index is -0.622. The van der Waals surface area contributed by atoms with Crippen LogP contribution in [0.2, 0.25) is 4.34 Å². The number of halogens is 1. The third-order valence-electron chi connectivity index (χ3n) is 4.26. The van der Waals surface area contributed by atoms with Gasteiger partial charge in [0.2, 0.25) is 0 Å². The topological polar surface area (TPSA) is 66.3 Å². The average molecular weight is 404 g/mol. The van der Waals surface area contributed by atoms with Crippen LogP contribution in [0.1, 0.15) is 37.2 Å². The lowest BCUT2D eigenvalue weighted by molar-refractivity contribution is 0.00986. The van der Waals surface area contributed by atoms with E-state index in [1.165, 1.54) is 11.3 Å². The van der Waals surface area contributed by atoms with Crippen LogP contribution in [0, 0.1) is 0 Å². The number of rotatable bonds is 9. The predicted octanol–water partition coefficient (Wildman–Crippen LogP) is 2.92. The van der Waals surface area contributed by atoms with Crippen molar-refractivity contribution in [3.05, 3.63) is 21.3 Å². The number of ether oxygens (including phenoxy) is 2. The van der Waals surface area contributed by atoms with Gasteiger partial charge < -0.3 is 24.8 Å². The number of likely N-dealkylation sites (tertiary alicyclic amines) is 1. The van der Waals surface area contributed by atoms with Crippen molar-refractivity contribution in [1.82, 2.24) is 10.2 Å². The Morgan fingerprint density at radius 1 is 1.42 bits per heavy atom. The summed E-state index contributed by atoms with van der Waals surface area (Å²) in [4.78, 5) is 7.71. The minimum Gasteiger partial charge on any atom is -0.386 e. The summed E-state index contributed by atoms with van der Waals surface area (Å²) in [6.07, 6.45) is 2.60. The Kier molecular flexibility index (Phi) is 9.71. The third-order valence-corrected chi connectivity index (χ3v) is 5.59. The molecule has 26 heavy (non-hydrogen) atoms. The number of guanidine groups is 1. The van der Waals surface area contributed by atoms with Crippen molar-refractivity contribution >= 4 is 28.9 Å². The van der Waals surface area contributed by atoms with Crippen molar-refractivity contribution in [2.24, 2.45) is 4.99 Å². The van der Waals surface area contributed by atoms with E-state index in [1.807, 2.05) is 6.07 Å². The highest BCUT2D eigenvalue weighted by Gasteiger charge is 2.22. The molecule has 0 saturated carbocycles. The molecule has 0 spiro atoms. The van der Waals surface area contributed by atoms with Crippen molar-refractivity contribution in [2.75, 3.05) is 46.5 Å². The lowest BCUT2D eigenvalue weighted by Gasteiger charge is -2.34. The Labute approximate surface area is 165 Å². The average Bonchev–Trinajstić information content (AvgIpc) is 3.09. The summed E-state index contributed by atoms with van der Waals surface area (Å²) in [5.41, 5.74) is 0. The molecule has 0 aliphatic carbocycles. The smallest absolute Gasteiger partial charge is 0.194 e. The largest absolute Gasteiger partial charge is 0.386 e. The summed E-state index contributed by atoms with van der Waals surface area (Å²) < 4.78 is 11.6. The number of thiophene rings is 1. The zero-order valence-electron chi connectivity index (χ0n) is 15.6. The van der Waals surface area contributed by atoms with E-state index in [0.717, 1.165) is 62.9 Å². The molecule has 1 aliphatic heterocycles. The van der Waals surface area contributed by atoms with Gasteiger partial charge in [0.1, 0.15) is 6.10 Å². The van der Waals surface area contributed by atoms with Gasteiger partial charge in [-0.25, -0.2) is 0 Å². The molecule has 2 rings (SSSR count). The zero-order valence-corrected chi connectivity index (χ0v) is 17.2. The van der Waals surface area contributed by atoms with Crippen molar-refractivity contribution in [1.29, 1.82) is 0 Å². The van der Waals surface area contributed by atoms with Crippen molar-refractivity contribution in [2.45, 2.75) is 38.4 Å². The van der Waals surface area contributed by atoms with Crippen LogP contribution in [0.3, 0.4) is 0 Å². The first-order valence-corrected chi connectivity index (χ1v) is 10.4. The highest BCUT2D eigenvalue weighted by Crippen LogP contribution is 2.27. The minimum absolute atomic E-state index is 0.310. The maximum Gasteiger partial charge on any atom is 0.194 e. The second kappa shape index (κ2) is 11.8. The van der Waals surface area contributed by atoms with Crippen molar-refractivity contribution < 1.29 is 14.6 Å². The summed E-state index contributed by atoms with van der Waals surface area (Å²) in [7, 11) is 1.71. The Hall–Kier alpha value is -0.860. The van der Waals surface area contributed by atoms with E-state index in [1.54, 1.807) is 13.2 Å². The molecule has 0 bridgehead atoms. The molecular weight excluding hydrogens is 374 g/mol. The number of nitrogens with one attached hydrogen (secondary N) is 1. The molecule has 0 amide bonds. The van der Waals surface area contributed by atoms with E-state index < -0.39 is 6.10 Å². The van der Waals surface area contributed by atoms with Gasteiger partial charge in [0.25, 0.3) is 0 Å². The molecule has 2 N–H and O–H groups in total. The van der Waals surface area contributed by atoms with Crippen LogP contribution in [-0.4, -0.2) is 68.6 Å². The highest BCUT2D eigenvalue weighted by molar-refractivity contribution is 7.16. The Morgan fingerprint density at radius 3 is 2.81 bits per heavy atom. The van der Waals surface area contributed by atoms with Crippen molar-refractivity contribution in [3.63, 3.8) is 0 Å². The SMILES string of the molecule is CCNC(=NCC(O)c1ccc(Cl)s1)N1CCC(OCCCOC)CC1. The molecular formula is C18H30ClN3O3S. The number of methoxy groups -OCH3 is 1. The van der Waals surface area contributed by atoms with Crippen LogP contribution in [0.15, 0.2) is 17.1 Å². The van der Waals surface area contributed by atoms with Gasteiger partial charge in [0.05, 0.1) is 17.0 Å². The third kappa shape index (κ3) is 7.04. The second-order valence-corrected chi connectivity index (χ2v) is 8.00. The van der Waals surface area contributed by atoms with E-state index in [-0.39, 0.29) is 0 Å². The predicted molar refractivity (Wildman–Crippen MR) is 107 cm³/mol. The molecule has 1 aromatic rings. The van der Waals surface area contributed by atoms with Gasteiger partial charge in [-0.05, 0) is 38.3 Å². The fourth-order valence-corrected chi connectivity index (χ4v) is 3.92. The van der Waals surface area contributed by atoms with Gasteiger partial charge in [-0.2, -0.15) is 0 Å². The lowest BCUT2D eigenvalue weighted by atomic mass is 10.1. The number of aliphatic imine (C=N–C) groups is 1. The molecule has 0 aromatic carbocycles. The Morgan fingerprint density at radius 2 is 2.19 bits per heavy atom. The summed E-state index contributed by atoms with van der Waals surface area (Å²) in [5, 5.41) is 13.6. The van der Waals surface area contributed by atoms with E-state index in [0.29, 0.717) is 17.0 Å². The highest BCUT2D eigenvalue weighted by atomic mass is 35.5. The Bertz CT molecular complexity index is 548. The van der Waals surface area contributed by atoms with Gasteiger partial charge in [-0.3, -0.25) is 4.99 Å². The number of nitrogens with zero attached hydrogens (tertiary/aromatic N) is 2. The van der Waals surface area contributed by atoms with Crippen LogP contribution >= 0.6 is 22.9 Å². The van der Waals surface area contributed by atoms with Gasteiger partial charge in [0.15, 0.2) is 5.96 Å². The van der Waals surface area contributed by atoms with Gasteiger partial charge in [-0.15, -0.1) is 11.3 Å². The number of aliphatic hydroxyl groups is 1. The summed E-state index contributed by atoms with van der Waals surface area (Å²) in [5.74, 6) is 0.854. The molecule has 0 radical (unpaired) electrons. The van der Waals surface area contributed by atoms with E-state index in [9.17, 15) is 5.11 Å². The zero-order chi connectivity index (χ0) is 18.8. The van der Waals surface area contributed by atoms with Crippen LogP contribution in [0.4, 0.5) is 0 Å². The Balaban J connectivity index is 1.81. The van der Waals surface area contributed by atoms with E-state index in [2.05, 4.69) is 22.1 Å². The van der Waals surface area contributed by atoms with Crippen LogP contribution < -0.4 is 5.32 Å². The number of aliphatic hydroxyl groups excluding tert-OH is 1. The second-order valence-electron chi connectivity index (χ2n) is 6.26. The number of hydrogen-bond donors (Lipinski definition) is 2. The fourth-order valence-electron chi connectivity index (χ4n) is 2.88. The summed E-state index contributed by atoms with van der Waals surface area (Å²) in [6, 6.07) is 3.66. The first-order chi connectivity index (χ1) is 12.6. The quantitative estimate of drug-likeness (QED) is 0.377.